The third-order valence-corrected chi connectivity index (χ3v) is 3.06. The van der Waals surface area contributed by atoms with E-state index in [2.05, 4.69) is 23.5 Å². The van der Waals surface area contributed by atoms with Crippen LogP contribution in [-0.2, 0) is 4.79 Å². The number of nitrogens with two attached hydrogens (primary N) is 1. The number of fused-ring (bicyclic) bond motifs is 1. The number of benzene rings is 2. The molecule has 1 unspecified atom stereocenters. The molecule has 0 radical (unpaired) electrons. The molecule has 0 spiro atoms. The molecule has 0 aliphatic rings. The van der Waals surface area contributed by atoms with Crippen LogP contribution in [0.5, 0.6) is 0 Å². The van der Waals surface area contributed by atoms with Crippen molar-refractivity contribution in [1.29, 1.82) is 0 Å². The van der Waals surface area contributed by atoms with Crippen molar-refractivity contribution in [2.24, 2.45) is 5.73 Å². The lowest BCUT2D eigenvalue weighted by atomic mass is 9.99. The number of carbonyl (C=O) groups excluding carboxylic acids is 1. The van der Waals surface area contributed by atoms with Crippen molar-refractivity contribution in [3.8, 4) is 0 Å². The van der Waals surface area contributed by atoms with E-state index >= 15 is 0 Å². The SMILES string of the molecule is CC(NC(=O)[C@@H](C)N)c1cccc2ccccc12.Cl. The molecule has 3 nitrogen and oxygen atoms in total. The Morgan fingerprint density at radius 2 is 1.74 bits per heavy atom. The number of amides is 1. The molecule has 0 saturated heterocycles. The van der Waals surface area contributed by atoms with Gasteiger partial charge < -0.3 is 11.1 Å². The molecule has 102 valence electrons. The Morgan fingerprint density at radius 1 is 1.11 bits per heavy atom. The van der Waals surface area contributed by atoms with Crippen LogP contribution in [0.3, 0.4) is 0 Å². The quantitative estimate of drug-likeness (QED) is 0.907. The van der Waals surface area contributed by atoms with Crippen LogP contribution in [0.1, 0.15) is 25.5 Å². The first-order valence-electron chi connectivity index (χ1n) is 6.13. The number of hydrogen-bond donors (Lipinski definition) is 2. The smallest absolute Gasteiger partial charge is 0.237 e. The van der Waals surface area contributed by atoms with Crippen molar-refractivity contribution in [2.45, 2.75) is 25.9 Å². The second-order valence-corrected chi connectivity index (χ2v) is 4.59. The van der Waals surface area contributed by atoms with Gasteiger partial charge in [0, 0.05) is 0 Å². The van der Waals surface area contributed by atoms with Crippen LogP contribution < -0.4 is 11.1 Å². The fourth-order valence-electron chi connectivity index (χ4n) is 2.05. The Kier molecular flexibility index (Phi) is 5.33. The highest BCUT2D eigenvalue weighted by atomic mass is 35.5. The standard InChI is InChI=1S/C15H18N2O.ClH/c1-10(16)15(18)17-11(2)13-9-5-7-12-6-3-4-8-14(12)13;/h3-11H,16H2,1-2H3,(H,17,18);1H/t10-,11?;/m1./s1. The first-order valence-corrected chi connectivity index (χ1v) is 6.13. The summed E-state index contributed by atoms with van der Waals surface area (Å²) in [5.74, 6) is -0.129. The summed E-state index contributed by atoms with van der Waals surface area (Å²) in [6.07, 6.45) is 0. The molecule has 4 heteroatoms. The predicted molar refractivity (Wildman–Crippen MR) is 81.4 cm³/mol. The van der Waals surface area contributed by atoms with Crippen LogP contribution >= 0.6 is 12.4 Å². The number of hydrogen-bond acceptors (Lipinski definition) is 2. The maximum Gasteiger partial charge on any atom is 0.237 e. The lowest BCUT2D eigenvalue weighted by Gasteiger charge is -2.17. The molecule has 0 fully saturated rings. The van der Waals surface area contributed by atoms with Crippen LogP contribution in [0.15, 0.2) is 42.5 Å². The Hall–Kier alpha value is -1.58. The Morgan fingerprint density at radius 3 is 2.42 bits per heavy atom. The predicted octanol–water partition coefficient (Wildman–Crippen LogP) is 2.79. The third-order valence-electron chi connectivity index (χ3n) is 3.06. The van der Waals surface area contributed by atoms with Crippen molar-refractivity contribution in [2.75, 3.05) is 0 Å². The van der Waals surface area contributed by atoms with Crippen molar-refractivity contribution in [3.63, 3.8) is 0 Å². The minimum atomic E-state index is -0.484. The summed E-state index contributed by atoms with van der Waals surface area (Å²) in [5.41, 5.74) is 6.68. The van der Waals surface area contributed by atoms with E-state index in [0.29, 0.717) is 0 Å². The second-order valence-electron chi connectivity index (χ2n) is 4.59. The highest BCUT2D eigenvalue weighted by Crippen LogP contribution is 2.23. The largest absolute Gasteiger partial charge is 0.348 e. The summed E-state index contributed by atoms with van der Waals surface area (Å²) in [6, 6.07) is 13.7. The summed E-state index contributed by atoms with van der Waals surface area (Å²) in [4.78, 5) is 11.6. The van der Waals surface area contributed by atoms with Gasteiger partial charge in [-0.25, -0.2) is 0 Å². The van der Waals surface area contributed by atoms with Gasteiger partial charge in [0.25, 0.3) is 0 Å². The van der Waals surface area contributed by atoms with Crippen LogP contribution in [0.25, 0.3) is 10.8 Å². The number of halogens is 1. The van der Waals surface area contributed by atoms with Crippen LogP contribution in [0.2, 0.25) is 0 Å². The van der Waals surface area contributed by atoms with E-state index < -0.39 is 6.04 Å². The molecule has 2 aromatic carbocycles. The first-order chi connectivity index (χ1) is 8.59. The molecular weight excluding hydrogens is 260 g/mol. The van der Waals surface area contributed by atoms with Gasteiger partial charge in [0.15, 0.2) is 0 Å². The minimum Gasteiger partial charge on any atom is -0.348 e. The van der Waals surface area contributed by atoms with Crippen LogP contribution in [0, 0.1) is 0 Å². The normalized spacial score (nSPS) is 13.4. The van der Waals surface area contributed by atoms with Gasteiger partial charge >= 0.3 is 0 Å². The van der Waals surface area contributed by atoms with E-state index in [1.165, 1.54) is 5.39 Å². The van der Waals surface area contributed by atoms with Crippen LogP contribution in [-0.4, -0.2) is 11.9 Å². The fraction of sp³-hybridized carbons (Fsp3) is 0.267. The van der Waals surface area contributed by atoms with Crippen LogP contribution in [0.4, 0.5) is 0 Å². The van der Waals surface area contributed by atoms with Crippen molar-refractivity contribution >= 4 is 29.1 Å². The Bertz CT molecular complexity index is 564. The summed E-state index contributed by atoms with van der Waals surface area (Å²) in [5, 5.41) is 5.27. The van der Waals surface area contributed by atoms with Crippen molar-refractivity contribution < 1.29 is 4.79 Å². The molecule has 0 saturated carbocycles. The van der Waals surface area contributed by atoms with E-state index in [9.17, 15) is 4.79 Å². The van der Waals surface area contributed by atoms with Gasteiger partial charge in [0.1, 0.15) is 0 Å². The zero-order valence-corrected chi connectivity index (χ0v) is 11.9. The van der Waals surface area contributed by atoms with Gasteiger partial charge in [-0.3, -0.25) is 4.79 Å². The zero-order valence-electron chi connectivity index (χ0n) is 11.1. The van der Waals surface area contributed by atoms with E-state index in [0.717, 1.165) is 10.9 Å². The highest BCUT2D eigenvalue weighted by molar-refractivity contribution is 5.87. The van der Waals surface area contributed by atoms with Gasteiger partial charge in [-0.1, -0.05) is 42.5 Å². The summed E-state index contributed by atoms with van der Waals surface area (Å²) in [6.45, 7) is 3.66. The van der Waals surface area contributed by atoms with Gasteiger partial charge in [-0.05, 0) is 30.2 Å². The molecule has 0 aromatic heterocycles. The number of carbonyl (C=O) groups is 1. The molecule has 2 aromatic rings. The average Bonchev–Trinajstić information content (AvgIpc) is 2.37. The molecule has 0 aliphatic heterocycles. The van der Waals surface area contributed by atoms with Crippen molar-refractivity contribution in [3.05, 3.63) is 48.0 Å². The van der Waals surface area contributed by atoms with Gasteiger partial charge in [0.2, 0.25) is 5.91 Å². The molecule has 0 bridgehead atoms. The third kappa shape index (κ3) is 3.46. The van der Waals surface area contributed by atoms with Gasteiger partial charge in [0.05, 0.1) is 12.1 Å². The number of rotatable bonds is 3. The number of nitrogens with one attached hydrogen (secondary N) is 1. The first kappa shape index (κ1) is 15.5. The summed E-state index contributed by atoms with van der Waals surface area (Å²) < 4.78 is 0. The van der Waals surface area contributed by atoms with E-state index in [1.807, 2.05) is 31.2 Å². The molecule has 2 rings (SSSR count). The molecule has 2 atom stereocenters. The Balaban J connectivity index is 0.00000180. The monoisotopic (exact) mass is 278 g/mol. The topological polar surface area (TPSA) is 55.1 Å². The zero-order chi connectivity index (χ0) is 13.1. The summed E-state index contributed by atoms with van der Waals surface area (Å²) in [7, 11) is 0. The van der Waals surface area contributed by atoms with E-state index in [1.54, 1.807) is 6.92 Å². The lowest BCUT2D eigenvalue weighted by Crippen LogP contribution is -2.39. The van der Waals surface area contributed by atoms with Crippen molar-refractivity contribution in [1.82, 2.24) is 5.32 Å². The fourth-order valence-corrected chi connectivity index (χ4v) is 2.05. The van der Waals surface area contributed by atoms with Gasteiger partial charge in [-0.2, -0.15) is 0 Å². The molecule has 3 N–H and O–H groups in total. The minimum absolute atomic E-state index is 0. The van der Waals surface area contributed by atoms with Gasteiger partial charge in [-0.15, -0.1) is 12.4 Å². The lowest BCUT2D eigenvalue weighted by molar-refractivity contribution is -0.122. The molecular formula is C15H19ClN2O. The summed E-state index contributed by atoms with van der Waals surface area (Å²) >= 11 is 0. The highest BCUT2D eigenvalue weighted by Gasteiger charge is 2.14. The average molecular weight is 279 g/mol. The maximum absolute atomic E-state index is 11.6. The molecule has 1 amide bonds. The maximum atomic E-state index is 11.6. The second kappa shape index (κ2) is 6.55. The Labute approximate surface area is 119 Å². The molecule has 0 aliphatic carbocycles. The van der Waals surface area contributed by atoms with E-state index in [4.69, 9.17) is 5.73 Å². The van der Waals surface area contributed by atoms with E-state index in [-0.39, 0.29) is 24.4 Å². The molecule has 19 heavy (non-hydrogen) atoms. The molecule has 0 heterocycles.